The summed E-state index contributed by atoms with van der Waals surface area (Å²) in [5.41, 5.74) is -2.85. The fraction of sp³-hybridized carbons (Fsp3) is 0.920. The maximum absolute atomic E-state index is 12.8. The van der Waals surface area contributed by atoms with E-state index in [-0.39, 0.29) is 35.4 Å². The summed E-state index contributed by atoms with van der Waals surface area (Å²) in [6.07, 6.45) is 4.40. The number of hydrogen-bond acceptors (Lipinski definition) is 7. The summed E-state index contributed by atoms with van der Waals surface area (Å²) in [6, 6.07) is 0. The van der Waals surface area contributed by atoms with E-state index in [9.17, 15) is 10.2 Å². The summed E-state index contributed by atoms with van der Waals surface area (Å²) in [5, 5.41) is 24.4. The Kier molecular flexibility index (Phi) is 4.23. The van der Waals surface area contributed by atoms with Crippen molar-refractivity contribution in [1.29, 1.82) is 0 Å². The minimum absolute atomic E-state index is 0.0622. The van der Waals surface area contributed by atoms with E-state index in [2.05, 4.69) is 32.9 Å². The van der Waals surface area contributed by atoms with Crippen LogP contribution in [0.5, 0.6) is 0 Å². The van der Waals surface area contributed by atoms with Crippen molar-refractivity contribution < 1.29 is 33.9 Å². The lowest BCUT2D eigenvalue weighted by molar-refractivity contribution is -0.303. The second-order valence-electron chi connectivity index (χ2n) is 12.5. The molecule has 1 spiro atoms. The molecule has 3 aliphatic heterocycles. The van der Waals surface area contributed by atoms with Crippen molar-refractivity contribution >= 4 is 0 Å². The average Bonchev–Trinajstić information content (AvgIpc) is 3.17. The highest BCUT2D eigenvalue weighted by Crippen LogP contribution is 2.77. The van der Waals surface area contributed by atoms with Gasteiger partial charge in [0.15, 0.2) is 11.6 Å². The third-order valence-electron chi connectivity index (χ3n) is 9.78. The van der Waals surface area contributed by atoms with Crippen LogP contribution in [-0.2, 0) is 23.7 Å². The first-order valence-electron chi connectivity index (χ1n) is 12.2. The van der Waals surface area contributed by atoms with Gasteiger partial charge in [0.05, 0.1) is 38.1 Å². The predicted octanol–water partition coefficient (Wildman–Crippen LogP) is 2.39. The Morgan fingerprint density at radius 3 is 2.34 bits per heavy atom. The molecule has 6 rings (SSSR count). The molecule has 3 heterocycles. The van der Waals surface area contributed by atoms with Crippen LogP contribution in [0.25, 0.3) is 0 Å². The van der Waals surface area contributed by atoms with Crippen LogP contribution in [0.3, 0.4) is 0 Å². The first kappa shape index (κ1) is 22.0. The zero-order chi connectivity index (χ0) is 22.9. The molecule has 7 nitrogen and oxygen atoms in total. The lowest BCUT2D eigenvalue weighted by atomic mass is 9.57. The highest BCUT2D eigenvalue weighted by molar-refractivity contribution is 5.39. The lowest BCUT2D eigenvalue weighted by Gasteiger charge is -2.53. The van der Waals surface area contributed by atoms with E-state index in [0.29, 0.717) is 32.7 Å². The molecule has 180 valence electrons. The second-order valence-corrected chi connectivity index (χ2v) is 12.5. The monoisotopic (exact) mass is 450 g/mol. The number of fused-ring (bicyclic) bond motifs is 6. The largest absolute Gasteiger partial charge is 0.392 e. The number of aliphatic hydroxyl groups excluding tert-OH is 1. The number of epoxide rings is 1. The Balaban J connectivity index is 1.42. The molecular weight excluding hydrogens is 412 g/mol. The van der Waals surface area contributed by atoms with Crippen molar-refractivity contribution in [2.75, 3.05) is 19.8 Å². The SMILES string of the molecule is CC1(C)OC[C@@H]2[C@H](C=C[C@@]3(C)[C@@H](O)C4CC(C)(C)[C@]5(O[C@@H]5CC5(C)OCCO5)[C@]4(O)[C@@H]23)O1. The molecule has 6 aliphatic rings. The molecule has 0 bridgehead atoms. The smallest absolute Gasteiger partial charge is 0.168 e. The molecule has 32 heavy (non-hydrogen) atoms. The Bertz CT molecular complexity index is 847. The van der Waals surface area contributed by atoms with Crippen molar-refractivity contribution in [2.24, 2.45) is 28.6 Å². The first-order chi connectivity index (χ1) is 14.8. The second kappa shape index (κ2) is 6.17. The fourth-order valence-corrected chi connectivity index (χ4v) is 8.52. The van der Waals surface area contributed by atoms with Crippen molar-refractivity contribution in [3.63, 3.8) is 0 Å². The maximum atomic E-state index is 12.8. The zero-order valence-corrected chi connectivity index (χ0v) is 20.1. The van der Waals surface area contributed by atoms with E-state index >= 15 is 0 Å². The minimum atomic E-state index is -1.20. The van der Waals surface area contributed by atoms with Crippen LogP contribution in [0, 0.1) is 28.6 Å². The highest BCUT2D eigenvalue weighted by atomic mass is 16.7. The summed E-state index contributed by atoms with van der Waals surface area (Å²) in [7, 11) is 0. The minimum Gasteiger partial charge on any atom is -0.392 e. The van der Waals surface area contributed by atoms with Gasteiger partial charge in [-0.3, -0.25) is 0 Å². The van der Waals surface area contributed by atoms with Gasteiger partial charge in [0.2, 0.25) is 0 Å². The summed E-state index contributed by atoms with van der Waals surface area (Å²) < 4.78 is 30.7. The molecule has 7 heteroatoms. The Hall–Kier alpha value is -0.540. The van der Waals surface area contributed by atoms with E-state index in [1.165, 1.54) is 0 Å². The summed E-state index contributed by atoms with van der Waals surface area (Å²) in [4.78, 5) is 0. The maximum Gasteiger partial charge on any atom is 0.168 e. The average molecular weight is 451 g/mol. The van der Waals surface area contributed by atoms with Crippen LogP contribution in [-0.4, -0.2) is 71.1 Å². The van der Waals surface area contributed by atoms with Crippen molar-refractivity contribution in [2.45, 2.75) is 95.5 Å². The molecule has 1 unspecified atom stereocenters. The van der Waals surface area contributed by atoms with Crippen LogP contribution in [0.4, 0.5) is 0 Å². The van der Waals surface area contributed by atoms with Crippen LogP contribution >= 0.6 is 0 Å². The predicted molar refractivity (Wildman–Crippen MR) is 115 cm³/mol. The zero-order valence-electron chi connectivity index (χ0n) is 20.1. The van der Waals surface area contributed by atoms with Gasteiger partial charge in [-0.2, -0.15) is 0 Å². The molecule has 3 saturated heterocycles. The third-order valence-corrected chi connectivity index (χ3v) is 9.78. The van der Waals surface area contributed by atoms with Crippen LogP contribution in [0.2, 0.25) is 0 Å². The molecule has 0 amide bonds. The van der Waals surface area contributed by atoms with Gasteiger partial charge >= 0.3 is 0 Å². The van der Waals surface area contributed by atoms with Crippen molar-refractivity contribution in [3.8, 4) is 0 Å². The Morgan fingerprint density at radius 2 is 1.66 bits per heavy atom. The highest BCUT2D eigenvalue weighted by Gasteiger charge is 2.88. The van der Waals surface area contributed by atoms with Gasteiger partial charge in [0.1, 0.15) is 11.2 Å². The standard InChI is InChI=1S/C25H38O7/c1-20(2)11-15-19(26)22(5)8-7-16-14(13-30-21(3,4)31-16)18(22)24(15,27)25(20)17(32-25)12-23(6)28-9-10-29-23/h7-8,14-19,26-27H,9-13H2,1-6H3/t14-,15?,16+,17-,18+,19+,22-,24-,25+/m1/s1. The molecule has 5 fully saturated rings. The topological polar surface area (TPSA) is 89.9 Å². The number of rotatable bonds is 2. The molecular formula is C25H38O7. The van der Waals surface area contributed by atoms with Crippen molar-refractivity contribution in [3.05, 3.63) is 12.2 Å². The molecule has 9 atom stereocenters. The molecule has 0 aromatic carbocycles. The van der Waals surface area contributed by atoms with Crippen LogP contribution < -0.4 is 0 Å². The lowest BCUT2D eigenvalue weighted by Crippen LogP contribution is -2.62. The molecule has 3 aliphatic carbocycles. The molecule has 2 saturated carbocycles. The van der Waals surface area contributed by atoms with E-state index < -0.39 is 34.3 Å². The summed E-state index contributed by atoms with van der Waals surface area (Å²) in [5.74, 6) is -1.96. The molecule has 0 aromatic heterocycles. The number of aliphatic hydroxyl groups is 2. The van der Waals surface area contributed by atoms with E-state index in [4.69, 9.17) is 23.7 Å². The van der Waals surface area contributed by atoms with Gasteiger partial charge in [0.25, 0.3) is 0 Å². The fourth-order valence-electron chi connectivity index (χ4n) is 8.52. The van der Waals surface area contributed by atoms with Crippen molar-refractivity contribution in [1.82, 2.24) is 0 Å². The van der Waals surface area contributed by atoms with Crippen LogP contribution in [0.1, 0.15) is 54.4 Å². The normalized spacial score (nSPS) is 56.1. The van der Waals surface area contributed by atoms with E-state index in [1.54, 1.807) is 0 Å². The number of ether oxygens (including phenoxy) is 5. The van der Waals surface area contributed by atoms with Gasteiger partial charge in [-0.1, -0.05) is 32.9 Å². The molecule has 2 N–H and O–H groups in total. The Morgan fingerprint density at radius 1 is 0.969 bits per heavy atom. The Labute approximate surface area is 190 Å². The van der Waals surface area contributed by atoms with E-state index in [0.717, 1.165) is 0 Å². The van der Waals surface area contributed by atoms with Gasteiger partial charge in [0, 0.05) is 29.6 Å². The molecule has 0 radical (unpaired) electrons. The van der Waals surface area contributed by atoms with Gasteiger partial charge in [-0.25, -0.2) is 0 Å². The quantitative estimate of drug-likeness (QED) is 0.493. The van der Waals surface area contributed by atoms with E-state index in [1.807, 2.05) is 20.8 Å². The molecule has 0 aromatic rings. The summed E-state index contributed by atoms with van der Waals surface area (Å²) >= 11 is 0. The number of hydrogen-bond donors (Lipinski definition) is 2. The van der Waals surface area contributed by atoms with Gasteiger partial charge < -0.3 is 33.9 Å². The third kappa shape index (κ3) is 2.46. The van der Waals surface area contributed by atoms with Gasteiger partial charge in [-0.05, 0) is 32.6 Å². The first-order valence-corrected chi connectivity index (χ1v) is 12.2. The van der Waals surface area contributed by atoms with Crippen LogP contribution in [0.15, 0.2) is 12.2 Å². The summed E-state index contributed by atoms with van der Waals surface area (Å²) in [6.45, 7) is 13.8. The van der Waals surface area contributed by atoms with Gasteiger partial charge in [-0.15, -0.1) is 0 Å².